The quantitative estimate of drug-likeness (QED) is 0.677. The first-order valence-corrected chi connectivity index (χ1v) is 7.98. The molecule has 1 aromatic carbocycles. The fourth-order valence-electron chi connectivity index (χ4n) is 1.93. The van der Waals surface area contributed by atoms with Gasteiger partial charge >= 0.3 is 0 Å². The van der Waals surface area contributed by atoms with Crippen molar-refractivity contribution in [2.45, 2.75) is 24.6 Å². The van der Waals surface area contributed by atoms with Crippen LogP contribution >= 0.6 is 31.9 Å². The van der Waals surface area contributed by atoms with E-state index in [1.165, 1.54) is 0 Å². The van der Waals surface area contributed by atoms with Gasteiger partial charge in [0.25, 0.3) is 0 Å². The molecular weight excluding hydrogens is 374 g/mol. The molecular formula is C14H15Br2NO2. The fourth-order valence-corrected chi connectivity index (χ4v) is 2.86. The predicted octanol–water partition coefficient (Wildman–Crippen LogP) is 4.43. The Bertz CT molecular complexity index is 507. The van der Waals surface area contributed by atoms with Crippen molar-refractivity contribution in [1.29, 1.82) is 5.26 Å². The number of halogens is 2. The van der Waals surface area contributed by atoms with Gasteiger partial charge in [-0.15, -0.1) is 0 Å². The highest BCUT2D eigenvalue weighted by atomic mass is 79.9. The minimum absolute atomic E-state index is 0.0628. The van der Waals surface area contributed by atoms with Gasteiger partial charge in [0.2, 0.25) is 0 Å². The Morgan fingerprint density at radius 2 is 2.16 bits per heavy atom. The minimum atomic E-state index is 0.0628. The summed E-state index contributed by atoms with van der Waals surface area (Å²) in [7, 11) is 1.63. The molecule has 0 N–H and O–H groups in total. The first-order valence-electron chi connectivity index (χ1n) is 6.06. The summed E-state index contributed by atoms with van der Waals surface area (Å²) in [5.41, 5.74) is 1.18. The van der Waals surface area contributed by atoms with Gasteiger partial charge in [0.15, 0.2) is 11.5 Å². The average molecular weight is 389 g/mol. The second-order valence-electron chi connectivity index (χ2n) is 4.87. The van der Waals surface area contributed by atoms with Crippen LogP contribution in [0.5, 0.6) is 11.5 Å². The van der Waals surface area contributed by atoms with E-state index in [0.29, 0.717) is 13.0 Å². The highest BCUT2D eigenvalue weighted by molar-refractivity contribution is 9.10. The lowest BCUT2D eigenvalue weighted by molar-refractivity contribution is 0.225. The maximum atomic E-state index is 8.82. The zero-order valence-electron chi connectivity index (χ0n) is 10.7. The summed E-state index contributed by atoms with van der Waals surface area (Å²) < 4.78 is 12.2. The molecule has 0 saturated heterocycles. The van der Waals surface area contributed by atoms with Crippen molar-refractivity contribution in [2.75, 3.05) is 13.7 Å². The molecule has 0 unspecified atom stereocenters. The molecule has 1 aliphatic carbocycles. The molecule has 0 radical (unpaired) electrons. The van der Waals surface area contributed by atoms with Gasteiger partial charge in [0.1, 0.15) is 0 Å². The molecule has 3 nitrogen and oxygen atoms in total. The Morgan fingerprint density at radius 1 is 1.42 bits per heavy atom. The lowest BCUT2D eigenvalue weighted by atomic mass is 10.1. The van der Waals surface area contributed by atoms with Gasteiger partial charge in [0.05, 0.1) is 24.3 Å². The Balaban J connectivity index is 2.14. The summed E-state index contributed by atoms with van der Waals surface area (Å²) in [5.74, 6) is 1.44. The number of rotatable bonds is 6. The van der Waals surface area contributed by atoms with Crippen molar-refractivity contribution >= 4 is 31.9 Å². The number of hydrogen-bond acceptors (Lipinski definition) is 3. The molecule has 0 aromatic heterocycles. The summed E-state index contributed by atoms with van der Waals surface area (Å²) in [6.45, 7) is 0.573. The van der Waals surface area contributed by atoms with E-state index in [4.69, 9.17) is 14.7 Å². The first kappa shape index (κ1) is 14.7. The molecule has 0 aliphatic heterocycles. The molecule has 1 saturated carbocycles. The number of methoxy groups -OCH3 is 1. The topological polar surface area (TPSA) is 42.2 Å². The van der Waals surface area contributed by atoms with Gasteiger partial charge in [-0.25, -0.2) is 0 Å². The molecule has 0 bridgehead atoms. The van der Waals surface area contributed by atoms with E-state index in [1.807, 2.05) is 12.1 Å². The van der Waals surface area contributed by atoms with Crippen LogP contribution in [0.2, 0.25) is 0 Å². The highest BCUT2D eigenvalue weighted by Crippen LogP contribution is 2.49. The van der Waals surface area contributed by atoms with Crippen molar-refractivity contribution in [2.24, 2.45) is 5.41 Å². The lowest BCUT2D eigenvalue weighted by Gasteiger charge is -2.17. The second-order valence-corrected chi connectivity index (χ2v) is 6.28. The molecule has 19 heavy (non-hydrogen) atoms. The van der Waals surface area contributed by atoms with Crippen LogP contribution in [0, 0.1) is 16.7 Å². The van der Waals surface area contributed by atoms with Gasteiger partial charge in [-0.1, -0.05) is 15.9 Å². The largest absolute Gasteiger partial charge is 0.493 e. The summed E-state index contributed by atoms with van der Waals surface area (Å²) in [6.07, 6.45) is 2.70. The van der Waals surface area contributed by atoms with Crippen molar-refractivity contribution in [1.82, 2.24) is 0 Å². The van der Waals surface area contributed by atoms with Crippen molar-refractivity contribution < 1.29 is 9.47 Å². The van der Waals surface area contributed by atoms with Gasteiger partial charge in [-0.3, -0.25) is 0 Å². The van der Waals surface area contributed by atoms with E-state index < -0.39 is 0 Å². The summed E-state index contributed by atoms with van der Waals surface area (Å²) in [5, 5.41) is 9.58. The third-order valence-corrected chi connectivity index (χ3v) is 4.61. The molecule has 0 heterocycles. The lowest BCUT2D eigenvalue weighted by Crippen LogP contribution is -2.13. The number of nitriles is 1. The molecule has 1 aromatic rings. The van der Waals surface area contributed by atoms with Crippen LogP contribution in [0.25, 0.3) is 0 Å². The standard InChI is InChI=1S/C14H15Br2NO2/c1-18-12-7-10(8-15)6-11(16)13(12)19-9-14(2-3-14)4-5-17/h6-7H,2-4,8-9H2,1H3. The van der Waals surface area contributed by atoms with E-state index in [-0.39, 0.29) is 5.41 Å². The molecule has 0 atom stereocenters. The van der Waals surface area contributed by atoms with E-state index in [2.05, 4.69) is 37.9 Å². The second kappa shape index (κ2) is 6.15. The average Bonchev–Trinajstić information content (AvgIpc) is 3.17. The molecule has 1 fully saturated rings. The van der Waals surface area contributed by atoms with Gasteiger partial charge in [-0.2, -0.15) is 5.26 Å². The normalized spacial score (nSPS) is 15.7. The Morgan fingerprint density at radius 3 is 2.68 bits per heavy atom. The van der Waals surface area contributed by atoms with Crippen LogP contribution in [-0.4, -0.2) is 13.7 Å². The molecule has 1 aliphatic rings. The summed E-state index contributed by atoms with van der Waals surface area (Å²) >= 11 is 6.94. The number of nitrogens with zero attached hydrogens (tertiary/aromatic N) is 1. The van der Waals surface area contributed by atoms with Crippen LogP contribution in [0.1, 0.15) is 24.8 Å². The number of alkyl halides is 1. The smallest absolute Gasteiger partial charge is 0.175 e. The molecule has 2 rings (SSSR count). The summed E-state index contributed by atoms with van der Waals surface area (Å²) in [4.78, 5) is 0. The first-order chi connectivity index (χ1) is 9.14. The van der Waals surface area contributed by atoms with Crippen molar-refractivity contribution in [3.63, 3.8) is 0 Å². The van der Waals surface area contributed by atoms with Gasteiger partial charge < -0.3 is 9.47 Å². The molecule has 0 spiro atoms. The Hall–Kier alpha value is -0.730. The van der Waals surface area contributed by atoms with Crippen LogP contribution in [0.3, 0.4) is 0 Å². The molecule has 0 amide bonds. The van der Waals surface area contributed by atoms with Crippen molar-refractivity contribution in [3.8, 4) is 17.6 Å². The van der Waals surface area contributed by atoms with E-state index in [0.717, 1.165) is 39.7 Å². The number of ether oxygens (including phenoxy) is 2. The van der Waals surface area contributed by atoms with E-state index in [1.54, 1.807) is 7.11 Å². The maximum Gasteiger partial charge on any atom is 0.175 e. The van der Waals surface area contributed by atoms with E-state index in [9.17, 15) is 0 Å². The van der Waals surface area contributed by atoms with Gasteiger partial charge in [0, 0.05) is 17.2 Å². The Kier molecular flexibility index (Phi) is 4.75. The third kappa shape index (κ3) is 3.43. The summed E-state index contributed by atoms with van der Waals surface area (Å²) in [6, 6.07) is 6.21. The third-order valence-electron chi connectivity index (χ3n) is 3.38. The Labute approximate surface area is 130 Å². The molecule has 5 heteroatoms. The number of hydrogen-bond donors (Lipinski definition) is 0. The number of benzene rings is 1. The zero-order valence-corrected chi connectivity index (χ0v) is 13.9. The van der Waals surface area contributed by atoms with Crippen LogP contribution < -0.4 is 9.47 Å². The van der Waals surface area contributed by atoms with Crippen LogP contribution in [0.4, 0.5) is 0 Å². The van der Waals surface area contributed by atoms with E-state index >= 15 is 0 Å². The molecule has 102 valence electrons. The van der Waals surface area contributed by atoms with Gasteiger partial charge in [-0.05, 0) is 46.5 Å². The van der Waals surface area contributed by atoms with Crippen LogP contribution in [0.15, 0.2) is 16.6 Å². The highest BCUT2D eigenvalue weighted by Gasteiger charge is 2.43. The monoisotopic (exact) mass is 387 g/mol. The van der Waals surface area contributed by atoms with Crippen molar-refractivity contribution in [3.05, 3.63) is 22.2 Å². The SMILES string of the molecule is COc1cc(CBr)cc(Br)c1OCC1(CC#N)CC1. The predicted molar refractivity (Wildman–Crippen MR) is 80.7 cm³/mol. The fraction of sp³-hybridized carbons (Fsp3) is 0.500. The minimum Gasteiger partial charge on any atom is -0.493 e. The van der Waals surface area contributed by atoms with Crippen LogP contribution in [-0.2, 0) is 5.33 Å². The maximum absolute atomic E-state index is 8.82. The zero-order chi connectivity index (χ0) is 13.9.